The highest BCUT2D eigenvalue weighted by atomic mass is 16.5. The van der Waals surface area contributed by atoms with E-state index in [9.17, 15) is 0 Å². The van der Waals surface area contributed by atoms with Crippen LogP contribution in [0.3, 0.4) is 0 Å². The van der Waals surface area contributed by atoms with Crippen LogP contribution in [0, 0.1) is 0 Å². The van der Waals surface area contributed by atoms with Gasteiger partial charge in [-0.2, -0.15) is 0 Å². The summed E-state index contributed by atoms with van der Waals surface area (Å²) in [5, 5.41) is 0. The highest BCUT2D eigenvalue weighted by Gasteiger charge is 2.23. The van der Waals surface area contributed by atoms with Crippen molar-refractivity contribution in [2.45, 2.75) is 12.8 Å². The zero-order valence-electron chi connectivity index (χ0n) is 14.2. The molecule has 0 saturated carbocycles. The lowest BCUT2D eigenvalue weighted by molar-refractivity contribution is 0.340. The molecule has 25 heavy (non-hydrogen) atoms. The Labute approximate surface area is 148 Å². The summed E-state index contributed by atoms with van der Waals surface area (Å²) in [6.45, 7) is 2.66. The molecular formula is C23H20O2. The molecule has 1 atom stereocenters. The van der Waals surface area contributed by atoms with Gasteiger partial charge in [0.05, 0.1) is 6.61 Å². The summed E-state index contributed by atoms with van der Waals surface area (Å²) in [4.78, 5) is 0. The van der Waals surface area contributed by atoms with E-state index in [4.69, 9.17) is 9.47 Å². The second-order valence-electron chi connectivity index (χ2n) is 6.02. The van der Waals surface area contributed by atoms with E-state index in [0.29, 0.717) is 6.61 Å². The van der Waals surface area contributed by atoms with Gasteiger partial charge in [-0.05, 0) is 48.9 Å². The normalized spacial score (nSPS) is 15.7. The highest BCUT2D eigenvalue weighted by molar-refractivity contribution is 5.68. The van der Waals surface area contributed by atoms with Crippen LogP contribution in [0.2, 0.25) is 0 Å². The number of rotatable bonds is 4. The summed E-state index contributed by atoms with van der Waals surface area (Å²) in [5.74, 6) is 2.87. The van der Waals surface area contributed by atoms with Crippen molar-refractivity contribution < 1.29 is 9.47 Å². The molecule has 3 aromatic carbocycles. The molecule has 1 unspecified atom stereocenters. The van der Waals surface area contributed by atoms with Gasteiger partial charge in [-0.1, -0.05) is 48.5 Å². The smallest absolute Gasteiger partial charge is 0.131 e. The average Bonchev–Trinajstić information content (AvgIpc) is 2.69. The first-order chi connectivity index (χ1) is 12.3. The standard InChI is InChI=1S/C23H20O2/c1-2-24-19-14-12-18(13-15-19)23-16-21(17-8-4-3-5-9-17)20-10-6-7-11-22(20)25-23/h3-16,21H,2H2,1H3. The number of fused-ring (bicyclic) bond motifs is 1. The Morgan fingerprint density at radius 1 is 0.840 bits per heavy atom. The minimum absolute atomic E-state index is 0.188. The first-order valence-corrected chi connectivity index (χ1v) is 8.62. The molecular weight excluding hydrogens is 308 g/mol. The van der Waals surface area contributed by atoms with Crippen LogP contribution in [0.25, 0.3) is 5.76 Å². The molecule has 0 amide bonds. The van der Waals surface area contributed by atoms with Crippen molar-refractivity contribution in [3.05, 3.63) is 102 Å². The van der Waals surface area contributed by atoms with Crippen LogP contribution in [0.1, 0.15) is 29.5 Å². The van der Waals surface area contributed by atoms with E-state index >= 15 is 0 Å². The van der Waals surface area contributed by atoms with Crippen molar-refractivity contribution >= 4 is 5.76 Å². The molecule has 0 saturated heterocycles. The lowest BCUT2D eigenvalue weighted by Gasteiger charge is -2.25. The number of para-hydroxylation sites is 1. The Kier molecular flexibility index (Phi) is 4.26. The third kappa shape index (κ3) is 3.16. The van der Waals surface area contributed by atoms with Crippen molar-refractivity contribution in [1.29, 1.82) is 0 Å². The van der Waals surface area contributed by atoms with Gasteiger partial charge in [0.1, 0.15) is 17.3 Å². The number of ether oxygens (including phenoxy) is 2. The lowest BCUT2D eigenvalue weighted by atomic mass is 9.88. The van der Waals surface area contributed by atoms with Crippen molar-refractivity contribution in [1.82, 2.24) is 0 Å². The molecule has 124 valence electrons. The molecule has 1 heterocycles. The van der Waals surface area contributed by atoms with E-state index in [1.807, 2.05) is 49.4 Å². The number of hydrogen-bond donors (Lipinski definition) is 0. The van der Waals surface area contributed by atoms with E-state index in [2.05, 4.69) is 42.5 Å². The first kappa shape index (κ1) is 15.5. The van der Waals surface area contributed by atoms with Gasteiger partial charge in [-0.3, -0.25) is 0 Å². The van der Waals surface area contributed by atoms with Crippen LogP contribution < -0.4 is 9.47 Å². The summed E-state index contributed by atoms with van der Waals surface area (Å²) in [7, 11) is 0. The molecule has 0 N–H and O–H groups in total. The van der Waals surface area contributed by atoms with Crippen molar-refractivity contribution in [3.8, 4) is 11.5 Å². The van der Waals surface area contributed by atoms with Gasteiger partial charge in [-0.15, -0.1) is 0 Å². The maximum absolute atomic E-state index is 6.19. The van der Waals surface area contributed by atoms with Gasteiger partial charge in [0.2, 0.25) is 0 Å². The minimum Gasteiger partial charge on any atom is -0.494 e. The van der Waals surface area contributed by atoms with Crippen molar-refractivity contribution in [2.75, 3.05) is 6.61 Å². The minimum atomic E-state index is 0.188. The fourth-order valence-corrected chi connectivity index (χ4v) is 3.20. The Morgan fingerprint density at radius 3 is 2.32 bits per heavy atom. The van der Waals surface area contributed by atoms with Crippen molar-refractivity contribution in [3.63, 3.8) is 0 Å². The summed E-state index contributed by atoms with van der Waals surface area (Å²) >= 11 is 0. The van der Waals surface area contributed by atoms with Crippen LogP contribution in [0.5, 0.6) is 11.5 Å². The van der Waals surface area contributed by atoms with E-state index in [-0.39, 0.29) is 5.92 Å². The number of allylic oxidation sites excluding steroid dienone is 1. The first-order valence-electron chi connectivity index (χ1n) is 8.62. The summed E-state index contributed by atoms with van der Waals surface area (Å²) < 4.78 is 11.7. The molecule has 0 aromatic heterocycles. The van der Waals surface area contributed by atoms with Gasteiger partial charge in [0.15, 0.2) is 0 Å². The maximum atomic E-state index is 6.19. The predicted octanol–water partition coefficient (Wildman–Crippen LogP) is 5.65. The quantitative estimate of drug-likeness (QED) is 0.616. The second-order valence-corrected chi connectivity index (χ2v) is 6.02. The van der Waals surface area contributed by atoms with Crippen LogP contribution in [-0.2, 0) is 0 Å². The highest BCUT2D eigenvalue weighted by Crippen LogP contribution is 2.40. The molecule has 0 bridgehead atoms. The molecule has 3 aromatic rings. The van der Waals surface area contributed by atoms with Gasteiger partial charge in [0.25, 0.3) is 0 Å². The SMILES string of the molecule is CCOc1ccc(C2=CC(c3ccccc3)c3ccccc3O2)cc1. The van der Waals surface area contributed by atoms with Crippen LogP contribution in [-0.4, -0.2) is 6.61 Å². The predicted molar refractivity (Wildman–Crippen MR) is 101 cm³/mol. The molecule has 0 fully saturated rings. The molecule has 4 rings (SSSR count). The number of hydrogen-bond acceptors (Lipinski definition) is 2. The van der Waals surface area contributed by atoms with E-state index in [1.54, 1.807) is 0 Å². The van der Waals surface area contributed by atoms with Crippen LogP contribution in [0.4, 0.5) is 0 Å². The summed E-state index contributed by atoms with van der Waals surface area (Å²) in [6.07, 6.45) is 2.20. The van der Waals surface area contributed by atoms with Crippen LogP contribution >= 0.6 is 0 Å². The summed E-state index contributed by atoms with van der Waals surface area (Å²) in [6, 6.07) is 26.9. The van der Waals surface area contributed by atoms with Crippen molar-refractivity contribution in [2.24, 2.45) is 0 Å². The molecule has 1 aliphatic rings. The summed E-state index contributed by atoms with van der Waals surface area (Å²) in [5.41, 5.74) is 3.52. The zero-order chi connectivity index (χ0) is 17.1. The van der Waals surface area contributed by atoms with E-state index < -0.39 is 0 Å². The monoisotopic (exact) mass is 328 g/mol. The lowest BCUT2D eigenvalue weighted by Crippen LogP contribution is -2.10. The van der Waals surface area contributed by atoms with Crippen LogP contribution in [0.15, 0.2) is 84.9 Å². The molecule has 1 aliphatic heterocycles. The Hall–Kier alpha value is -3.00. The van der Waals surface area contributed by atoms with Gasteiger partial charge >= 0.3 is 0 Å². The largest absolute Gasteiger partial charge is 0.494 e. The Morgan fingerprint density at radius 2 is 1.56 bits per heavy atom. The Bertz CT molecular complexity index is 879. The maximum Gasteiger partial charge on any atom is 0.131 e. The molecule has 2 heteroatoms. The topological polar surface area (TPSA) is 18.5 Å². The van der Waals surface area contributed by atoms with E-state index in [1.165, 1.54) is 11.1 Å². The molecule has 0 aliphatic carbocycles. The average molecular weight is 328 g/mol. The number of benzene rings is 3. The van der Waals surface area contributed by atoms with Gasteiger partial charge < -0.3 is 9.47 Å². The van der Waals surface area contributed by atoms with Gasteiger partial charge in [-0.25, -0.2) is 0 Å². The third-order valence-electron chi connectivity index (χ3n) is 4.40. The second kappa shape index (κ2) is 6.86. The fourth-order valence-electron chi connectivity index (χ4n) is 3.20. The van der Waals surface area contributed by atoms with Gasteiger partial charge in [0, 0.05) is 17.0 Å². The third-order valence-corrected chi connectivity index (χ3v) is 4.40. The Balaban J connectivity index is 1.75. The fraction of sp³-hybridized carbons (Fsp3) is 0.130. The molecule has 0 spiro atoms. The molecule has 2 nitrogen and oxygen atoms in total. The zero-order valence-corrected chi connectivity index (χ0v) is 14.2. The van der Waals surface area contributed by atoms with E-state index in [0.717, 1.165) is 22.8 Å². The molecule has 0 radical (unpaired) electrons.